The van der Waals surface area contributed by atoms with Crippen molar-refractivity contribution in [3.63, 3.8) is 0 Å². The van der Waals surface area contributed by atoms with Crippen LogP contribution in [0.25, 0.3) is 0 Å². The molecule has 3 nitrogen and oxygen atoms in total. The number of allylic oxidation sites excluding steroid dienone is 1. The Labute approximate surface area is 139 Å². The molecule has 0 fully saturated rings. The smallest absolute Gasteiger partial charge is 0.255 e. The van der Waals surface area contributed by atoms with E-state index in [1.165, 1.54) is 5.57 Å². The van der Waals surface area contributed by atoms with E-state index in [2.05, 4.69) is 20.4 Å². The summed E-state index contributed by atoms with van der Waals surface area (Å²) in [5.41, 5.74) is 4.09. The van der Waals surface area contributed by atoms with Crippen LogP contribution in [0.3, 0.4) is 0 Å². The van der Waals surface area contributed by atoms with Crippen LogP contribution in [-0.4, -0.2) is 22.6 Å². The van der Waals surface area contributed by atoms with Crippen molar-refractivity contribution in [3.8, 4) is 0 Å². The van der Waals surface area contributed by atoms with Crippen molar-refractivity contribution in [2.45, 2.75) is 59.5 Å². The normalized spacial score (nSPS) is 16.2. The number of hydrogen-bond acceptors (Lipinski definition) is 2. The van der Waals surface area contributed by atoms with Crippen LogP contribution in [0.2, 0.25) is 0 Å². The van der Waals surface area contributed by atoms with E-state index < -0.39 is 0 Å². The van der Waals surface area contributed by atoms with Gasteiger partial charge in [-0.05, 0) is 56.2 Å². The minimum atomic E-state index is -0.352. The van der Waals surface area contributed by atoms with Gasteiger partial charge >= 0.3 is 0 Å². The number of carbonyl (C=O) groups is 2. The zero-order valence-electron chi connectivity index (χ0n) is 14.7. The lowest BCUT2D eigenvalue weighted by atomic mass is 9.93. The van der Waals surface area contributed by atoms with Gasteiger partial charge in [-0.2, -0.15) is 0 Å². The molecule has 2 rings (SSSR count). The van der Waals surface area contributed by atoms with Gasteiger partial charge in [-0.15, -0.1) is 0 Å². The molecule has 0 aromatic heterocycles. The van der Waals surface area contributed by atoms with Crippen molar-refractivity contribution in [1.82, 2.24) is 4.90 Å². The zero-order chi connectivity index (χ0) is 17.1. The van der Waals surface area contributed by atoms with Crippen LogP contribution in [0.1, 0.15) is 61.5 Å². The Balaban J connectivity index is 2.14. The highest BCUT2D eigenvalue weighted by atomic mass is 16.2. The third-order valence-corrected chi connectivity index (χ3v) is 5.12. The molecule has 124 valence electrons. The summed E-state index contributed by atoms with van der Waals surface area (Å²) >= 11 is 0. The fraction of sp³-hybridized carbons (Fsp3) is 0.500. The molecule has 1 heterocycles. The number of amides is 1. The Bertz CT molecular complexity index is 633. The highest BCUT2D eigenvalue weighted by Gasteiger charge is 2.35. The number of carbonyl (C=O) groups excluding carboxylic acids is 2. The number of nitrogens with zero attached hydrogens (tertiary/aromatic N) is 1. The van der Waals surface area contributed by atoms with Crippen LogP contribution >= 0.6 is 0 Å². The molecule has 2 unspecified atom stereocenters. The molecule has 1 aromatic rings. The summed E-state index contributed by atoms with van der Waals surface area (Å²) in [6.45, 7) is 12.6. The maximum Gasteiger partial charge on any atom is 0.255 e. The van der Waals surface area contributed by atoms with Gasteiger partial charge in [-0.25, -0.2) is 0 Å². The summed E-state index contributed by atoms with van der Waals surface area (Å²) in [5.74, 6) is 0.496. The van der Waals surface area contributed by atoms with E-state index in [-0.39, 0.29) is 17.7 Å². The minimum Gasteiger partial charge on any atom is -0.324 e. The lowest BCUT2D eigenvalue weighted by Crippen LogP contribution is -2.40. The fourth-order valence-corrected chi connectivity index (χ4v) is 3.20. The topological polar surface area (TPSA) is 37.4 Å². The number of ketones is 1. The van der Waals surface area contributed by atoms with Crippen molar-refractivity contribution in [3.05, 3.63) is 47.0 Å². The van der Waals surface area contributed by atoms with E-state index in [9.17, 15) is 9.59 Å². The predicted molar refractivity (Wildman–Crippen MR) is 93.4 cm³/mol. The molecule has 1 aliphatic heterocycles. The maximum atomic E-state index is 12.7. The summed E-state index contributed by atoms with van der Waals surface area (Å²) in [5, 5.41) is 0. The van der Waals surface area contributed by atoms with Gasteiger partial charge in [0.2, 0.25) is 0 Å². The number of benzene rings is 1. The second-order valence-electron chi connectivity index (χ2n) is 6.67. The van der Waals surface area contributed by atoms with Crippen molar-refractivity contribution < 1.29 is 9.59 Å². The molecule has 3 heteroatoms. The molecular weight excluding hydrogens is 286 g/mol. The van der Waals surface area contributed by atoms with Gasteiger partial charge in [-0.1, -0.05) is 38.1 Å². The van der Waals surface area contributed by atoms with Crippen molar-refractivity contribution in [1.29, 1.82) is 0 Å². The molecule has 23 heavy (non-hydrogen) atoms. The monoisotopic (exact) mass is 313 g/mol. The van der Waals surface area contributed by atoms with Gasteiger partial charge in [0.05, 0.1) is 6.04 Å². The van der Waals surface area contributed by atoms with Gasteiger partial charge in [0.15, 0.2) is 5.78 Å². The largest absolute Gasteiger partial charge is 0.324 e. The van der Waals surface area contributed by atoms with Gasteiger partial charge < -0.3 is 4.90 Å². The number of aryl methyl sites for hydroxylation is 1. The Morgan fingerprint density at radius 1 is 1.39 bits per heavy atom. The number of hydrogen-bond donors (Lipinski definition) is 0. The van der Waals surface area contributed by atoms with Crippen molar-refractivity contribution in [2.24, 2.45) is 5.92 Å². The van der Waals surface area contributed by atoms with Crippen LogP contribution in [0, 0.1) is 12.8 Å². The molecule has 0 N–H and O–H groups in total. The Morgan fingerprint density at radius 2 is 2.09 bits per heavy atom. The first-order valence-electron chi connectivity index (χ1n) is 8.44. The van der Waals surface area contributed by atoms with Crippen LogP contribution in [0.4, 0.5) is 0 Å². The third kappa shape index (κ3) is 3.54. The molecule has 0 spiro atoms. The molecule has 0 saturated heterocycles. The fourth-order valence-electron chi connectivity index (χ4n) is 3.20. The van der Waals surface area contributed by atoms with Crippen LogP contribution in [-0.2, 0) is 11.3 Å². The van der Waals surface area contributed by atoms with Gasteiger partial charge in [-0.3, -0.25) is 9.59 Å². The molecule has 0 aliphatic carbocycles. The van der Waals surface area contributed by atoms with E-state index in [0.29, 0.717) is 18.9 Å². The minimum absolute atomic E-state index is 0.0157. The molecule has 1 aliphatic rings. The Hall–Kier alpha value is -1.90. The van der Waals surface area contributed by atoms with E-state index in [1.54, 1.807) is 11.8 Å². The first-order valence-corrected chi connectivity index (χ1v) is 8.44. The summed E-state index contributed by atoms with van der Waals surface area (Å²) in [4.78, 5) is 26.6. The molecule has 1 amide bonds. The van der Waals surface area contributed by atoms with Crippen LogP contribution < -0.4 is 0 Å². The van der Waals surface area contributed by atoms with E-state index >= 15 is 0 Å². The summed E-state index contributed by atoms with van der Waals surface area (Å²) < 4.78 is 0. The van der Waals surface area contributed by atoms with Crippen LogP contribution in [0.15, 0.2) is 30.4 Å². The lowest BCUT2D eigenvalue weighted by Gasteiger charge is -2.26. The summed E-state index contributed by atoms with van der Waals surface area (Å²) in [6.07, 6.45) is 2.51. The summed E-state index contributed by atoms with van der Waals surface area (Å²) in [7, 11) is 0. The second kappa shape index (κ2) is 7.12. The van der Waals surface area contributed by atoms with Crippen molar-refractivity contribution in [2.75, 3.05) is 0 Å². The molecule has 0 radical (unpaired) electrons. The second-order valence-corrected chi connectivity index (χ2v) is 6.67. The average Bonchev–Trinajstić information content (AvgIpc) is 2.85. The molecule has 0 saturated carbocycles. The van der Waals surface area contributed by atoms with Crippen LogP contribution in [0.5, 0.6) is 0 Å². The quantitative estimate of drug-likeness (QED) is 0.704. The standard InChI is InChI=1S/C20H27NO2/c1-6-13(2)14(3)10-11-19(16(5)22)21-12-18-15(4)8-7-9-17(18)20(21)23/h7-9,13,19H,3,6,10-12H2,1-2,4-5H3. The maximum absolute atomic E-state index is 12.7. The summed E-state index contributed by atoms with van der Waals surface area (Å²) in [6, 6.07) is 5.43. The first-order chi connectivity index (χ1) is 10.9. The molecule has 1 aromatic carbocycles. The third-order valence-electron chi connectivity index (χ3n) is 5.12. The van der Waals surface area contributed by atoms with E-state index in [4.69, 9.17) is 0 Å². The average molecular weight is 313 g/mol. The Morgan fingerprint density at radius 3 is 2.65 bits per heavy atom. The first kappa shape index (κ1) is 17.5. The van der Waals surface area contributed by atoms with E-state index in [0.717, 1.165) is 29.5 Å². The Kier molecular flexibility index (Phi) is 5.40. The number of Topliss-reactive ketones (excluding diaryl/α,β-unsaturated/α-hetero) is 1. The van der Waals surface area contributed by atoms with Gasteiger partial charge in [0, 0.05) is 12.1 Å². The van der Waals surface area contributed by atoms with Crippen molar-refractivity contribution >= 4 is 11.7 Å². The number of rotatable bonds is 7. The zero-order valence-corrected chi connectivity index (χ0v) is 14.7. The number of fused-ring (bicyclic) bond motifs is 1. The molecular formula is C20H27NO2. The molecule has 2 atom stereocenters. The highest BCUT2D eigenvalue weighted by molar-refractivity contribution is 6.01. The SMILES string of the molecule is C=C(CCC(C(C)=O)N1Cc2c(C)cccc2C1=O)C(C)CC. The van der Waals surface area contributed by atoms with Gasteiger partial charge in [0.25, 0.3) is 5.91 Å². The molecule has 0 bridgehead atoms. The van der Waals surface area contributed by atoms with E-state index in [1.807, 2.05) is 25.1 Å². The predicted octanol–water partition coefficient (Wildman–Crippen LogP) is 4.29. The highest BCUT2D eigenvalue weighted by Crippen LogP contribution is 2.29. The van der Waals surface area contributed by atoms with Gasteiger partial charge in [0.1, 0.15) is 0 Å². The lowest BCUT2D eigenvalue weighted by molar-refractivity contribution is -0.121.